The van der Waals surface area contributed by atoms with Crippen LogP contribution in [0.5, 0.6) is 0 Å². The molecule has 1 aromatic rings. The molecule has 0 spiro atoms. The number of nitrogens with one attached hydrogen (secondary N) is 1. The lowest BCUT2D eigenvalue weighted by molar-refractivity contribution is 0.215. The maximum absolute atomic E-state index is 5.94. The second-order valence-electron chi connectivity index (χ2n) is 9.43. The van der Waals surface area contributed by atoms with Gasteiger partial charge in [-0.05, 0) is 37.0 Å². The minimum atomic E-state index is -0.0865. The van der Waals surface area contributed by atoms with Crippen molar-refractivity contribution in [3.63, 3.8) is 0 Å². The third-order valence-electron chi connectivity index (χ3n) is 5.38. The third kappa shape index (κ3) is 5.40. The van der Waals surface area contributed by atoms with Crippen molar-refractivity contribution in [2.45, 2.75) is 79.7 Å². The van der Waals surface area contributed by atoms with E-state index < -0.39 is 0 Å². The molecule has 0 radical (unpaired) electrons. The monoisotopic (exact) mass is 347 g/mol. The summed E-state index contributed by atoms with van der Waals surface area (Å²) in [5, 5.41) is 12.2. The number of hydrogen-bond donors (Lipinski definition) is 1. The summed E-state index contributed by atoms with van der Waals surface area (Å²) in [5.41, 5.74) is 1.39. The van der Waals surface area contributed by atoms with Crippen molar-refractivity contribution in [3.05, 3.63) is 23.4 Å². The van der Waals surface area contributed by atoms with Gasteiger partial charge in [0.2, 0.25) is 11.8 Å². The Bertz CT molecular complexity index is 580. The highest BCUT2D eigenvalue weighted by atomic mass is 16.4. The number of nitrogens with zero attached hydrogens (tertiary/aromatic N) is 2. The summed E-state index contributed by atoms with van der Waals surface area (Å²) in [6, 6.07) is 0.536. The Morgan fingerprint density at radius 2 is 1.88 bits per heavy atom. The Kier molecular flexibility index (Phi) is 6.47. The fourth-order valence-corrected chi connectivity index (χ4v) is 3.73. The maximum atomic E-state index is 5.94. The van der Waals surface area contributed by atoms with Gasteiger partial charge in [-0.15, -0.1) is 10.2 Å². The van der Waals surface area contributed by atoms with Gasteiger partial charge in [-0.2, -0.15) is 0 Å². The van der Waals surface area contributed by atoms with Crippen LogP contribution in [-0.4, -0.2) is 22.8 Å². The van der Waals surface area contributed by atoms with Gasteiger partial charge in [0.1, 0.15) is 0 Å². The fraction of sp³-hybridized carbons (Fsp3) is 0.810. The molecule has 0 saturated carbocycles. The van der Waals surface area contributed by atoms with Gasteiger partial charge >= 0.3 is 0 Å². The molecule has 0 aromatic carbocycles. The van der Waals surface area contributed by atoms with Crippen LogP contribution in [0.1, 0.15) is 73.6 Å². The first-order chi connectivity index (χ1) is 11.6. The zero-order valence-corrected chi connectivity index (χ0v) is 17.4. The smallest absolute Gasteiger partial charge is 0.221 e. The molecule has 3 atom stereocenters. The van der Waals surface area contributed by atoms with Crippen molar-refractivity contribution in [3.8, 4) is 0 Å². The molecule has 0 aliphatic heterocycles. The van der Waals surface area contributed by atoms with Crippen LogP contribution in [0.15, 0.2) is 16.1 Å². The van der Waals surface area contributed by atoms with Crippen molar-refractivity contribution < 1.29 is 4.42 Å². The summed E-state index contributed by atoms with van der Waals surface area (Å²) >= 11 is 0. The van der Waals surface area contributed by atoms with Gasteiger partial charge in [0.15, 0.2) is 0 Å². The molecular formula is C21H37N3O. The van der Waals surface area contributed by atoms with Crippen LogP contribution >= 0.6 is 0 Å². The van der Waals surface area contributed by atoms with E-state index >= 15 is 0 Å². The highest BCUT2D eigenvalue weighted by molar-refractivity contribution is 5.14. The van der Waals surface area contributed by atoms with Crippen molar-refractivity contribution in [1.29, 1.82) is 0 Å². The van der Waals surface area contributed by atoms with Crippen molar-refractivity contribution in [1.82, 2.24) is 15.5 Å². The first-order valence-corrected chi connectivity index (χ1v) is 9.82. The van der Waals surface area contributed by atoms with Crippen LogP contribution in [0.2, 0.25) is 0 Å². The van der Waals surface area contributed by atoms with Crippen molar-refractivity contribution in [2.24, 2.45) is 23.7 Å². The van der Waals surface area contributed by atoms with E-state index in [4.69, 9.17) is 4.42 Å². The Hall–Kier alpha value is -1.16. The lowest BCUT2D eigenvalue weighted by atomic mass is 9.70. The SMILES string of the molecule is CC1=C[C@@H](CNC(C)C)[C@H](C(C)C)C[C@H]1Cc1nnc(C(C)(C)C)o1. The molecule has 0 saturated heterocycles. The summed E-state index contributed by atoms with van der Waals surface area (Å²) in [5.74, 6) is 4.02. The molecule has 0 amide bonds. The molecule has 0 bridgehead atoms. The van der Waals surface area contributed by atoms with Crippen LogP contribution in [0.4, 0.5) is 0 Å². The highest BCUT2D eigenvalue weighted by Crippen LogP contribution is 2.38. The van der Waals surface area contributed by atoms with E-state index in [0.717, 1.165) is 24.7 Å². The quantitative estimate of drug-likeness (QED) is 0.754. The predicted molar refractivity (Wildman–Crippen MR) is 104 cm³/mol. The minimum Gasteiger partial charge on any atom is -0.425 e. The maximum Gasteiger partial charge on any atom is 0.221 e. The fourth-order valence-electron chi connectivity index (χ4n) is 3.73. The topological polar surface area (TPSA) is 51.0 Å². The van der Waals surface area contributed by atoms with Gasteiger partial charge < -0.3 is 9.73 Å². The molecule has 0 fully saturated rings. The average molecular weight is 348 g/mol. The van der Waals surface area contributed by atoms with Gasteiger partial charge in [-0.3, -0.25) is 0 Å². The summed E-state index contributed by atoms with van der Waals surface area (Å²) in [4.78, 5) is 0. The zero-order valence-electron chi connectivity index (χ0n) is 17.4. The second kappa shape index (κ2) is 8.03. The predicted octanol–water partition coefficient (Wildman–Crippen LogP) is 4.76. The number of allylic oxidation sites excluding steroid dienone is 1. The standard InChI is InChI=1S/C21H37N3O/c1-13(2)18-10-16(15(5)9-17(18)12-22-14(3)4)11-19-23-24-20(25-19)21(6,7)8/h9,13-14,16-18,22H,10-12H2,1-8H3/t16-,17-,18-/m0/s1. The second-order valence-corrected chi connectivity index (χ2v) is 9.43. The lowest BCUT2D eigenvalue weighted by Gasteiger charge is -2.37. The van der Waals surface area contributed by atoms with Crippen LogP contribution in [0, 0.1) is 23.7 Å². The Morgan fingerprint density at radius 3 is 2.40 bits per heavy atom. The normalized spacial score (nSPS) is 24.9. The van der Waals surface area contributed by atoms with Gasteiger partial charge in [0.25, 0.3) is 0 Å². The Morgan fingerprint density at radius 1 is 1.20 bits per heavy atom. The molecule has 25 heavy (non-hydrogen) atoms. The Balaban J connectivity index is 2.11. The van der Waals surface area contributed by atoms with E-state index in [0.29, 0.717) is 29.7 Å². The van der Waals surface area contributed by atoms with Gasteiger partial charge in [0, 0.05) is 24.4 Å². The minimum absolute atomic E-state index is 0.0865. The largest absolute Gasteiger partial charge is 0.425 e. The van der Waals surface area contributed by atoms with E-state index in [1.54, 1.807) is 0 Å². The first kappa shape index (κ1) is 20.2. The van der Waals surface area contributed by atoms with Crippen LogP contribution < -0.4 is 5.32 Å². The van der Waals surface area contributed by atoms with E-state index in [9.17, 15) is 0 Å². The van der Waals surface area contributed by atoms with E-state index in [1.165, 1.54) is 12.0 Å². The van der Waals surface area contributed by atoms with Gasteiger partial charge in [-0.1, -0.05) is 60.1 Å². The molecule has 1 aliphatic rings. The van der Waals surface area contributed by atoms with Crippen molar-refractivity contribution >= 4 is 0 Å². The molecule has 1 N–H and O–H groups in total. The first-order valence-electron chi connectivity index (χ1n) is 9.82. The van der Waals surface area contributed by atoms with E-state index in [1.807, 2.05) is 0 Å². The number of aromatic nitrogens is 2. The molecule has 1 aromatic heterocycles. The van der Waals surface area contributed by atoms with Gasteiger partial charge in [0.05, 0.1) is 0 Å². The molecule has 2 rings (SSSR count). The summed E-state index contributed by atoms with van der Waals surface area (Å²) in [7, 11) is 0. The number of hydrogen-bond acceptors (Lipinski definition) is 4. The third-order valence-corrected chi connectivity index (χ3v) is 5.38. The van der Waals surface area contributed by atoms with Crippen LogP contribution in [0.25, 0.3) is 0 Å². The molecular weight excluding hydrogens is 310 g/mol. The van der Waals surface area contributed by atoms with Crippen molar-refractivity contribution in [2.75, 3.05) is 6.54 Å². The van der Waals surface area contributed by atoms with Crippen LogP contribution in [-0.2, 0) is 11.8 Å². The molecule has 4 heteroatoms. The molecule has 4 nitrogen and oxygen atoms in total. The molecule has 0 unspecified atom stereocenters. The number of rotatable bonds is 6. The Labute approximate surface area is 153 Å². The highest BCUT2D eigenvalue weighted by Gasteiger charge is 2.32. The average Bonchev–Trinajstić information content (AvgIpc) is 2.95. The zero-order chi connectivity index (χ0) is 18.8. The van der Waals surface area contributed by atoms with Crippen LogP contribution in [0.3, 0.4) is 0 Å². The molecule has 142 valence electrons. The summed E-state index contributed by atoms with van der Waals surface area (Å²) < 4.78 is 5.94. The lowest BCUT2D eigenvalue weighted by Crippen LogP contribution is -2.37. The van der Waals surface area contributed by atoms with Gasteiger partial charge in [-0.25, -0.2) is 0 Å². The van der Waals surface area contributed by atoms with E-state index in [2.05, 4.69) is 77.0 Å². The molecule has 1 heterocycles. The summed E-state index contributed by atoms with van der Waals surface area (Å²) in [6.07, 6.45) is 4.56. The summed E-state index contributed by atoms with van der Waals surface area (Å²) in [6.45, 7) is 18.8. The molecule has 1 aliphatic carbocycles. The van der Waals surface area contributed by atoms with E-state index in [-0.39, 0.29) is 5.41 Å².